The molecule has 0 radical (unpaired) electrons. The Hall–Kier alpha value is -0.930. The van der Waals surface area contributed by atoms with Crippen molar-refractivity contribution in [3.8, 4) is 0 Å². The average molecular weight is 266 g/mol. The van der Waals surface area contributed by atoms with Gasteiger partial charge in [-0.1, -0.05) is 18.2 Å². The van der Waals surface area contributed by atoms with Gasteiger partial charge in [-0.15, -0.1) is 0 Å². The van der Waals surface area contributed by atoms with E-state index < -0.39 is 5.60 Å². The average Bonchev–Trinajstić information content (AvgIpc) is 2.15. The molecule has 0 fully saturated rings. The van der Waals surface area contributed by atoms with Gasteiger partial charge in [0.15, 0.2) is 0 Å². The number of fused-ring (bicyclic) bond motifs is 1. The fourth-order valence-electron chi connectivity index (χ4n) is 1.52. The van der Waals surface area contributed by atoms with Gasteiger partial charge in [-0.05, 0) is 41.9 Å². The zero-order valence-corrected chi connectivity index (χ0v) is 10.2. The Balaban J connectivity index is 2.73. The van der Waals surface area contributed by atoms with Crippen molar-refractivity contribution in [3.63, 3.8) is 0 Å². The van der Waals surface area contributed by atoms with Crippen molar-refractivity contribution in [1.82, 2.24) is 4.98 Å². The number of para-hydroxylation sites is 1. The van der Waals surface area contributed by atoms with Gasteiger partial charge in [-0.2, -0.15) is 0 Å². The standard InChI is InChI=1S/C12H12BrNO/c1-12(2,15)9-7-8-5-3-4-6-10(8)14-11(9)13/h3-7,15H,1-2H3. The van der Waals surface area contributed by atoms with Gasteiger partial charge in [0.2, 0.25) is 0 Å². The van der Waals surface area contributed by atoms with Crippen molar-refractivity contribution in [2.45, 2.75) is 19.4 Å². The second-order valence-electron chi connectivity index (χ2n) is 4.08. The maximum absolute atomic E-state index is 9.96. The molecule has 3 heteroatoms. The molecule has 78 valence electrons. The molecule has 1 aromatic heterocycles. The lowest BCUT2D eigenvalue weighted by Crippen LogP contribution is -2.16. The van der Waals surface area contributed by atoms with Crippen LogP contribution in [0.4, 0.5) is 0 Å². The lowest BCUT2D eigenvalue weighted by atomic mass is 9.99. The molecule has 0 aliphatic rings. The molecule has 0 bridgehead atoms. The summed E-state index contributed by atoms with van der Waals surface area (Å²) in [5.74, 6) is 0. The SMILES string of the molecule is CC(C)(O)c1cc2ccccc2nc1Br. The van der Waals surface area contributed by atoms with E-state index in [4.69, 9.17) is 0 Å². The smallest absolute Gasteiger partial charge is 0.112 e. The van der Waals surface area contributed by atoms with E-state index >= 15 is 0 Å². The molecule has 1 heterocycles. The highest BCUT2D eigenvalue weighted by atomic mass is 79.9. The van der Waals surface area contributed by atoms with Gasteiger partial charge >= 0.3 is 0 Å². The largest absolute Gasteiger partial charge is 0.386 e. The highest BCUT2D eigenvalue weighted by Crippen LogP contribution is 2.29. The van der Waals surface area contributed by atoms with Crippen molar-refractivity contribution in [2.75, 3.05) is 0 Å². The molecule has 2 aromatic rings. The zero-order chi connectivity index (χ0) is 11.1. The van der Waals surface area contributed by atoms with Gasteiger partial charge in [0.25, 0.3) is 0 Å². The molecular weight excluding hydrogens is 254 g/mol. The molecule has 0 aliphatic heterocycles. The van der Waals surface area contributed by atoms with E-state index in [0.29, 0.717) is 4.60 Å². The van der Waals surface area contributed by atoms with Crippen LogP contribution < -0.4 is 0 Å². The second kappa shape index (κ2) is 3.58. The lowest BCUT2D eigenvalue weighted by Gasteiger charge is -2.19. The van der Waals surface area contributed by atoms with Crippen LogP contribution in [-0.2, 0) is 5.60 Å². The van der Waals surface area contributed by atoms with Crippen molar-refractivity contribution >= 4 is 26.8 Å². The fraction of sp³-hybridized carbons (Fsp3) is 0.250. The molecule has 1 aromatic carbocycles. The van der Waals surface area contributed by atoms with E-state index in [2.05, 4.69) is 20.9 Å². The summed E-state index contributed by atoms with van der Waals surface area (Å²) in [7, 11) is 0. The van der Waals surface area contributed by atoms with Crippen LogP contribution in [0.2, 0.25) is 0 Å². The third-order valence-electron chi connectivity index (χ3n) is 2.34. The van der Waals surface area contributed by atoms with E-state index in [1.54, 1.807) is 13.8 Å². The Morgan fingerprint density at radius 3 is 2.60 bits per heavy atom. The summed E-state index contributed by atoms with van der Waals surface area (Å²) < 4.78 is 0.703. The Morgan fingerprint density at radius 1 is 1.27 bits per heavy atom. The molecule has 0 spiro atoms. The Morgan fingerprint density at radius 2 is 1.93 bits per heavy atom. The van der Waals surface area contributed by atoms with E-state index in [1.807, 2.05) is 30.3 Å². The van der Waals surface area contributed by atoms with Gasteiger partial charge in [0.05, 0.1) is 11.1 Å². The number of benzene rings is 1. The van der Waals surface area contributed by atoms with Gasteiger partial charge in [0.1, 0.15) is 4.60 Å². The number of halogens is 1. The Kier molecular flexibility index (Phi) is 2.52. The number of nitrogens with zero attached hydrogens (tertiary/aromatic N) is 1. The van der Waals surface area contributed by atoms with Crippen LogP contribution in [0.3, 0.4) is 0 Å². The van der Waals surface area contributed by atoms with Crippen molar-refractivity contribution in [1.29, 1.82) is 0 Å². The summed E-state index contributed by atoms with van der Waals surface area (Å²) in [4.78, 5) is 4.40. The minimum atomic E-state index is -0.879. The molecule has 2 rings (SSSR count). The van der Waals surface area contributed by atoms with Gasteiger partial charge in [-0.3, -0.25) is 0 Å². The number of rotatable bonds is 1. The summed E-state index contributed by atoms with van der Waals surface area (Å²) in [5, 5.41) is 11.0. The maximum Gasteiger partial charge on any atom is 0.112 e. The van der Waals surface area contributed by atoms with Crippen LogP contribution in [0.25, 0.3) is 10.9 Å². The Bertz CT molecular complexity index is 502. The van der Waals surface area contributed by atoms with E-state index in [1.165, 1.54) is 0 Å². The van der Waals surface area contributed by atoms with Crippen LogP contribution >= 0.6 is 15.9 Å². The quantitative estimate of drug-likeness (QED) is 0.804. The summed E-state index contributed by atoms with van der Waals surface area (Å²) in [6.45, 7) is 3.51. The summed E-state index contributed by atoms with van der Waals surface area (Å²) in [6.07, 6.45) is 0. The maximum atomic E-state index is 9.96. The Labute approximate surface area is 97.1 Å². The summed E-state index contributed by atoms with van der Waals surface area (Å²) in [6, 6.07) is 9.82. The molecule has 1 N–H and O–H groups in total. The highest BCUT2D eigenvalue weighted by Gasteiger charge is 2.20. The van der Waals surface area contributed by atoms with E-state index in [0.717, 1.165) is 16.5 Å². The van der Waals surface area contributed by atoms with Crippen molar-refractivity contribution in [2.24, 2.45) is 0 Å². The fourth-order valence-corrected chi connectivity index (χ4v) is 2.31. The zero-order valence-electron chi connectivity index (χ0n) is 8.66. The molecule has 0 saturated carbocycles. The van der Waals surface area contributed by atoms with E-state index in [-0.39, 0.29) is 0 Å². The molecule has 0 atom stereocenters. The minimum Gasteiger partial charge on any atom is -0.386 e. The van der Waals surface area contributed by atoms with Gasteiger partial charge in [-0.25, -0.2) is 4.98 Å². The van der Waals surface area contributed by atoms with Crippen molar-refractivity contribution < 1.29 is 5.11 Å². The first-order valence-corrected chi connectivity index (χ1v) is 5.56. The van der Waals surface area contributed by atoms with E-state index in [9.17, 15) is 5.11 Å². The first-order valence-electron chi connectivity index (χ1n) is 4.76. The molecule has 0 aliphatic carbocycles. The third kappa shape index (κ3) is 2.03. The predicted octanol–water partition coefficient (Wildman–Crippen LogP) is 3.22. The number of hydrogen-bond acceptors (Lipinski definition) is 2. The summed E-state index contributed by atoms with van der Waals surface area (Å²) in [5.41, 5.74) is 0.856. The van der Waals surface area contributed by atoms with Gasteiger partial charge < -0.3 is 5.11 Å². The minimum absolute atomic E-state index is 0.703. The van der Waals surface area contributed by atoms with Crippen LogP contribution in [0, 0.1) is 0 Å². The number of hydrogen-bond donors (Lipinski definition) is 1. The first kappa shape index (κ1) is 10.6. The van der Waals surface area contributed by atoms with Crippen LogP contribution in [0.15, 0.2) is 34.9 Å². The molecule has 15 heavy (non-hydrogen) atoms. The number of aliphatic hydroxyl groups is 1. The first-order chi connectivity index (χ1) is 6.98. The van der Waals surface area contributed by atoms with Gasteiger partial charge in [0, 0.05) is 10.9 Å². The van der Waals surface area contributed by atoms with Crippen molar-refractivity contribution in [3.05, 3.63) is 40.5 Å². The summed E-state index contributed by atoms with van der Waals surface area (Å²) >= 11 is 3.38. The molecule has 0 unspecified atom stereocenters. The molecule has 2 nitrogen and oxygen atoms in total. The monoisotopic (exact) mass is 265 g/mol. The van der Waals surface area contributed by atoms with Crippen LogP contribution in [0.5, 0.6) is 0 Å². The molecule has 0 saturated heterocycles. The second-order valence-corrected chi connectivity index (χ2v) is 4.83. The molecule has 0 amide bonds. The topological polar surface area (TPSA) is 33.1 Å². The molecular formula is C12H12BrNO. The third-order valence-corrected chi connectivity index (χ3v) is 2.94. The van der Waals surface area contributed by atoms with Crippen LogP contribution in [0.1, 0.15) is 19.4 Å². The normalized spacial score (nSPS) is 12.0. The number of pyridine rings is 1. The number of aromatic nitrogens is 1. The van der Waals surface area contributed by atoms with Crippen LogP contribution in [-0.4, -0.2) is 10.1 Å². The highest BCUT2D eigenvalue weighted by molar-refractivity contribution is 9.10. The predicted molar refractivity (Wildman–Crippen MR) is 64.7 cm³/mol. The lowest BCUT2D eigenvalue weighted by molar-refractivity contribution is 0.0776.